The summed E-state index contributed by atoms with van der Waals surface area (Å²) in [5.74, 6) is 0.793. The van der Waals surface area contributed by atoms with Crippen molar-refractivity contribution in [3.8, 4) is 11.4 Å². The Labute approximate surface area is 190 Å². The maximum absolute atomic E-state index is 13.3. The number of fused-ring (bicyclic) bond motifs is 1. The second-order valence-corrected chi connectivity index (χ2v) is 8.00. The largest absolute Gasteiger partial charge is 0.494 e. The Morgan fingerprint density at radius 1 is 1.00 bits per heavy atom. The van der Waals surface area contributed by atoms with Gasteiger partial charge in [0.15, 0.2) is 5.16 Å². The van der Waals surface area contributed by atoms with Crippen molar-refractivity contribution < 1.29 is 9.53 Å². The van der Waals surface area contributed by atoms with E-state index in [1.807, 2.05) is 73.7 Å². The fourth-order valence-electron chi connectivity index (χ4n) is 3.31. The first kappa shape index (κ1) is 21.6. The van der Waals surface area contributed by atoms with Crippen molar-refractivity contribution in [2.75, 3.05) is 24.3 Å². The second-order valence-electron chi connectivity index (χ2n) is 7.06. The van der Waals surface area contributed by atoms with Gasteiger partial charge in [0.05, 0.1) is 29.0 Å². The molecule has 0 N–H and O–H groups in total. The smallest absolute Gasteiger partial charge is 0.266 e. The lowest BCUT2D eigenvalue weighted by atomic mass is 10.2. The summed E-state index contributed by atoms with van der Waals surface area (Å²) >= 11 is 1.25. The number of para-hydroxylation sites is 2. The zero-order valence-corrected chi connectivity index (χ0v) is 18.7. The van der Waals surface area contributed by atoms with Crippen LogP contribution in [0.1, 0.15) is 6.92 Å². The van der Waals surface area contributed by atoms with E-state index in [1.165, 1.54) is 11.8 Å². The highest BCUT2D eigenvalue weighted by Gasteiger charge is 2.17. The number of hydrogen-bond acceptors (Lipinski definition) is 5. The number of hydrogen-bond donors (Lipinski definition) is 0. The van der Waals surface area contributed by atoms with Gasteiger partial charge in [-0.05, 0) is 55.5 Å². The number of amides is 1. The molecule has 1 aromatic heterocycles. The SMILES string of the molecule is CCOc1ccc(-n2c(SCC(=O)N(C)c3ccccc3)nc3ccccc3c2=O)cc1. The normalized spacial score (nSPS) is 10.8. The van der Waals surface area contributed by atoms with Gasteiger partial charge in [0.1, 0.15) is 5.75 Å². The molecule has 1 heterocycles. The highest BCUT2D eigenvalue weighted by molar-refractivity contribution is 7.99. The first-order chi connectivity index (χ1) is 15.6. The van der Waals surface area contributed by atoms with Gasteiger partial charge >= 0.3 is 0 Å². The number of rotatable bonds is 7. The van der Waals surface area contributed by atoms with E-state index >= 15 is 0 Å². The minimum absolute atomic E-state index is 0.0816. The first-order valence-corrected chi connectivity index (χ1v) is 11.3. The summed E-state index contributed by atoms with van der Waals surface area (Å²) in [4.78, 5) is 32.5. The van der Waals surface area contributed by atoms with E-state index in [9.17, 15) is 9.59 Å². The van der Waals surface area contributed by atoms with E-state index < -0.39 is 0 Å². The molecular formula is C25H23N3O3S. The van der Waals surface area contributed by atoms with Crippen molar-refractivity contribution in [1.29, 1.82) is 0 Å². The third kappa shape index (κ3) is 4.53. The lowest BCUT2D eigenvalue weighted by molar-refractivity contribution is -0.115. The fourth-order valence-corrected chi connectivity index (χ4v) is 4.24. The molecule has 1 amide bonds. The number of carbonyl (C=O) groups excluding carboxylic acids is 1. The third-order valence-corrected chi connectivity index (χ3v) is 5.92. The van der Waals surface area contributed by atoms with Gasteiger partial charge < -0.3 is 9.64 Å². The molecule has 0 atom stereocenters. The van der Waals surface area contributed by atoms with E-state index in [0.717, 1.165) is 11.4 Å². The van der Waals surface area contributed by atoms with Gasteiger partial charge in [-0.25, -0.2) is 4.98 Å². The molecule has 7 heteroatoms. The Morgan fingerprint density at radius 3 is 2.41 bits per heavy atom. The van der Waals surface area contributed by atoms with Gasteiger partial charge in [-0.1, -0.05) is 42.1 Å². The van der Waals surface area contributed by atoms with Crippen molar-refractivity contribution in [1.82, 2.24) is 9.55 Å². The molecule has 0 aliphatic carbocycles. The molecule has 0 aliphatic rings. The number of nitrogens with zero attached hydrogens (tertiary/aromatic N) is 3. The third-order valence-electron chi connectivity index (χ3n) is 4.99. The van der Waals surface area contributed by atoms with E-state index in [2.05, 4.69) is 0 Å². The molecule has 4 aromatic rings. The highest BCUT2D eigenvalue weighted by atomic mass is 32.2. The molecular weight excluding hydrogens is 422 g/mol. The average molecular weight is 446 g/mol. The Balaban J connectivity index is 1.69. The van der Waals surface area contributed by atoms with E-state index in [-0.39, 0.29) is 17.2 Å². The van der Waals surface area contributed by atoms with Crippen LogP contribution in [0.15, 0.2) is 88.8 Å². The molecule has 0 spiro atoms. The van der Waals surface area contributed by atoms with Crippen LogP contribution >= 0.6 is 11.8 Å². The van der Waals surface area contributed by atoms with Gasteiger partial charge in [-0.15, -0.1) is 0 Å². The zero-order valence-electron chi connectivity index (χ0n) is 17.9. The minimum Gasteiger partial charge on any atom is -0.494 e. The molecule has 0 bridgehead atoms. The summed E-state index contributed by atoms with van der Waals surface area (Å²) in [6, 6.07) is 24.0. The molecule has 162 valence electrons. The quantitative estimate of drug-likeness (QED) is 0.309. The Bertz CT molecular complexity index is 1290. The van der Waals surface area contributed by atoms with Gasteiger partial charge in [-0.3, -0.25) is 14.2 Å². The number of benzene rings is 3. The minimum atomic E-state index is -0.175. The molecule has 0 saturated carbocycles. The molecule has 4 rings (SSSR count). The van der Waals surface area contributed by atoms with Crippen LogP contribution in [-0.4, -0.2) is 34.9 Å². The molecule has 0 unspecified atom stereocenters. The fraction of sp³-hybridized carbons (Fsp3) is 0.160. The van der Waals surface area contributed by atoms with Crippen LogP contribution in [0.3, 0.4) is 0 Å². The molecule has 0 radical (unpaired) electrons. The van der Waals surface area contributed by atoms with Gasteiger partial charge in [0.2, 0.25) is 5.91 Å². The molecule has 0 fully saturated rings. The zero-order chi connectivity index (χ0) is 22.5. The molecule has 0 saturated heterocycles. The number of thioether (sulfide) groups is 1. The maximum atomic E-state index is 13.3. The van der Waals surface area contributed by atoms with Crippen molar-refractivity contribution in [2.24, 2.45) is 0 Å². The van der Waals surface area contributed by atoms with Crippen LogP contribution in [0, 0.1) is 0 Å². The summed E-state index contributed by atoms with van der Waals surface area (Å²) in [6.07, 6.45) is 0. The van der Waals surface area contributed by atoms with E-state index in [4.69, 9.17) is 9.72 Å². The lowest BCUT2D eigenvalue weighted by Crippen LogP contribution is -2.28. The summed E-state index contributed by atoms with van der Waals surface area (Å²) in [6.45, 7) is 2.48. The van der Waals surface area contributed by atoms with Gasteiger partial charge in [0.25, 0.3) is 5.56 Å². The molecule has 32 heavy (non-hydrogen) atoms. The van der Waals surface area contributed by atoms with Crippen LogP contribution < -0.4 is 15.2 Å². The van der Waals surface area contributed by atoms with Gasteiger partial charge in [-0.2, -0.15) is 0 Å². The summed E-state index contributed by atoms with van der Waals surface area (Å²) in [7, 11) is 1.74. The number of ether oxygens (including phenoxy) is 1. The first-order valence-electron chi connectivity index (χ1n) is 10.3. The topological polar surface area (TPSA) is 64.4 Å². The van der Waals surface area contributed by atoms with E-state index in [1.54, 1.807) is 28.6 Å². The Morgan fingerprint density at radius 2 is 1.69 bits per heavy atom. The lowest BCUT2D eigenvalue weighted by Gasteiger charge is -2.18. The second kappa shape index (κ2) is 9.70. The Hall–Kier alpha value is -3.58. The summed E-state index contributed by atoms with van der Waals surface area (Å²) in [5, 5.41) is 0.992. The van der Waals surface area contributed by atoms with Crippen molar-refractivity contribution >= 4 is 34.3 Å². The number of carbonyl (C=O) groups is 1. The van der Waals surface area contributed by atoms with E-state index in [0.29, 0.717) is 28.4 Å². The maximum Gasteiger partial charge on any atom is 0.266 e. The number of anilines is 1. The monoisotopic (exact) mass is 445 g/mol. The van der Waals surface area contributed by atoms with Gasteiger partial charge in [0, 0.05) is 12.7 Å². The summed E-state index contributed by atoms with van der Waals surface area (Å²) < 4.78 is 7.07. The van der Waals surface area contributed by atoms with Crippen LogP contribution in [0.25, 0.3) is 16.6 Å². The van der Waals surface area contributed by atoms with Crippen molar-refractivity contribution in [3.63, 3.8) is 0 Å². The highest BCUT2D eigenvalue weighted by Crippen LogP contribution is 2.24. The molecule has 6 nitrogen and oxygen atoms in total. The molecule has 0 aliphatic heterocycles. The number of aromatic nitrogens is 2. The van der Waals surface area contributed by atoms with Crippen LogP contribution in [0.5, 0.6) is 5.75 Å². The summed E-state index contributed by atoms with van der Waals surface area (Å²) in [5.41, 5.74) is 1.91. The van der Waals surface area contributed by atoms with Crippen molar-refractivity contribution in [3.05, 3.63) is 89.2 Å². The standard InChI is InChI=1S/C25H23N3O3S/c1-3-31-20-15-13-19(14-16-20)28-24(30)21-11-7-8-12-22(21)26-25(28)32-17-23(29)27(2)18-9-5-4-6-10-18/h4-16H,3,17H2,1-2H3. The van der Waals surface area contributed by atoms with Crippen LogP contribution in [-0.2, 0) is 4.79 Å². The van der Waals surface area contributed by atoms with Crippen molar-refractivity contribution in [2.45, 2.75) is 12.1 Å². The Kier molecular flexibility index (Phi) is 6.56. The van der Waals surface area contributed by atoms with Crippen LogP contribution in [0.2, 0.25) is 0 Å². The molecule has 3 aromatic carbocycles. The average Bonchev–Trinajstić information content (AvgIpc) is 2.83. The predicted octanol–water partition coefficient (Wildman–Crippen LogP) is 4.54. The van der Waals surface area contributed by atoms with Crippen LogP contribution in [0.4, 0.5) is 5.69 Å². The predicted molar refractivity (Wildman–Crippen MR) is 129 cm³/mol.